The first-order valence-electron chi connectivity index (χ1n) is 10.8. The van der Waals surface area contributed by atoms with Crippen LogP contribution in [0.4, 0.5) is 24.8 Å². The molecule has 33 heavy (non-hydrogen) atoms. The van der Waals surface area contributed by atoms with E-state index in [1.54, 1.807) is 25.5 Å². The summed E-state index contributed by atoms with van der Waals surface area (Å²) in [5, 5.41) is 3.63. The number of rotatable bonds is 5. The molecule has 3 aromatic rings. The molecule has 1 aromatic carbocycles. The van der Waals surface area contributed by atoms with Crippen LogP contribution in [0, 0.1) is 12.7 Å². The number of nitrogens with one attached hydrogen (secondary N) is 1. The van der Waals surface area contributed by atoms with Crippen LogP contribution in [-0.4, -0.2) is 52.7 Å². The topological polar surface area (TPSA) is 66.3 Å². The highest BCUT2D eigenvalue weighted by Gasteiger charge is 2.23. The van der Waals surface area contributed by atoms with Gasteiger partial charge >= 0.3 is 0 Å². The van der Waals surface area contributed by atoms with E-state index in [1.165, 1.54) is 12.1 Å². The van der Waals surface area contributed by atoms with E-state index in [1.807, 2.05) is 6.07 Å². The Kier molecular flexibility index (Phi) is 6.29. The minimum atomic E-state index is -2.91. The third kappa shape index (κ3) is 4.39. The zero-order valence-electron chi connectivity index (χ0n) is 19.1. The van der Waals surface area contributed by atoms with Crippen molar-refractivity contribution < 1.29 is 13.2 Å². The molecule has 0 radical (unpaired) electrons. The molecule has 0 aliphatic carbocycles. The molecule has 2 aromatic heterocycles. The van der Waals surface area contributed by atoms with Crippen molar-refractivity contribution in [1.82, 2.24) is 19.4 Å². The van der Waals surface area contributed by atoms with Gasteiger partial charge in [-0.05, 0) is 27.0 Å². The van der Waals surface area contributed by atoms with Crippen LogP contribution in [0.2, 0.25) is 0 Å². The monoisotopic (exact) mass is 460 g/mol. The summed E-state index contributed by atoms with van der Waals surface area (Å²) in [7, 11) is 3.77. The van der Waals surface area contributed by atoms with Crippen molar-refractivity contribution in [3.05, 3.63) is 57.4 Å². The number of likely N-dealkylation sites (N-methyl/N-ethyl adjacent to an activating group) is 1. The van der Waals surface area contributed by atoms with Crippen molar-refractivity contribution in [2.24, 2.45) is 7.05 Å². The molecule has 1 aliphatic rings. The second-order valence-corrected chi connectivity index (χ2v) is 8.46. The predicted octanol–water partition coefficient (Wildman–Crippen LogP) is 3.64. The first-order valence-corrected chi connectivity index (χ1v) is 10.8. The van der Waals surface area contributed by atoms with Crippen molar-refractivity contribution in [1.29, 1.82) is 0 Å². The van der Waals surface area contributed by atoms with E-state index in [0.717, 1.165) is 38.1 Å². The first-order chi connectivity index (χ1) is 15.7. The van der Waals surface area contributed by atoms with Crippen molar-refractivity contribution in [2.75, 3.05) is 43.4 Å². The highest BCUT2D eigenvalue weighted by molar-refractivity contribution is 5.90. The van der Waals surface area contributed by atoms with Gasteiger partial charge in [0, 0.05) is 38.8 Å². The van der Waals surface area contributed by atoms with Crippen LogP contribution in [0.5, 0.6) is 0 Å². The zero-order valence-corrected chi connectivity index (χ0v) is 19.1. The maximum absolute atomic E-state index is 14.7. The van der Waals surface area contributed by atoms with Crippen molar-refractivity contribution >= 4 is 22.5 Å². The van der Waals surface area contributed by atoms with Gasteiger partial charge in [-0.25, -0.2) is 23.1 Å². The lowest BCUT2D eigenvalue weighted by Gasteiger charge is -2.34. The van der Waals surface area contributed by atoms with Crippen molar-refractivity contribution in [3.63, 3.8) is 0 Å². The van der Waals surface area contributed by atoms with Gasteiger partial charge in [-0.1, -0.05) is 18.2 Å². The molecule has 10 heteroatoms. The number of anilines is 2. The summed E-state index contributed by atoms with van der Waals surface area (Å²) in [6, 6.07) is 5.14. The quantitative estimate of drug-likeness (QED) is 0.627. The Bertz CT molecular complexity index is 1240. The van der Waals surface area contributed by atoms with E-state index in [4.69, 9.17) is 0 Å². The average Bonchev–Trinajstić information content (AvgIpc) is 2.77. The summed E-state index contributed by atoms with van der Waals surface area (Å²) in [4.78, 5) is 26.3. The van der Waals surface area contributed by atoms with E-state index in [-0.39, 0.29) is 16.6 Å². The Hall–Kier alpha value is -3.14. The second kappa shape index (κ2) is 9.01. The molecule has 0 spiro atoms. The highest BCUT2D eigenvalue weighted by atomic mass is 19.3. The highest BCUT2D eigenvalue weighted by Crippen LogP contribution is 2.31. The molecule has 0 amide bonds. The summed E-state index contributed by atoms with van der Waals surface area (Å²) in [6.07, 6.45) is -2.91. The molecule has 0 unspecified atom stereocenters. The Morgan fingerprint density at radius 2 is 1.73 bits per heavy atom. The number of aryl methyl sites for hydroxylation is 1. The molecule has 1 aliphatic heterocycles. The molecular formula is C23H27F3N6O. The summed E-state index contributed by atoms with van der Waals surface area (Å²) < 4.78 is 42.6. The molecule has 4 rings (SSSR count). The Morgan fingerprint density at radius 1 is 1.06 bits per heavy atom. The van der Waals surface area contributed by atoms with Gasteiger partial charge in [0.05, 0.1) is 17.0 Å². The lowest BCUT2D eigenvalue weighted by molar-refractivity contribution is 0.146. The fourth-order valence-corrected chi connectivity index (χ4v) is 4.17. The number of nitrogens with zero attached hydrogens (tertiary/aromatic N) is 5. The van der Waals surface area contributed by atoms with E-state index >= 15 is 0 Å². The number of alkyl halides is 2. The molecule has 1 fully saturated rings. The van der Waals surface area contributed by atoms with E-state index in [9.17, 15) is 18.0 Å². The molecule has 0 bridgehead atoms. The molecule has 1 N–H and O–H groups in total. The van der Waals surface area contributed by atoms with Gasteiger partial charge in [0.2, 0.25) is 0 Å². The van der Waals surface area contributed by atoms with Gasteiger partial charge in [0.1, 0.15) is 28.8 Å². The number of pyridine rings is 1. The fraction of sp³-hybridized carbons (Fsp3) is 0.435. The minimum absolute atomic E-state index is 0.0975. The first kappa shape index (κ1) is 23.0. The van der Waals surface area contributed by atoms with Gasteiger partial charge in [-0.15, -0.1) is 0 Å². The smallest absolute Gasteiger partial charge is 0.278 e. The minimum Gasteiger partial charge on any atom is -0.363 e. The summed E-state index contributed by atoms with van der Waals surface area (Å²) in [6.45, 7) is 6.62. The van der Waals surface area contributed by atoms with Gasteiger partial charge in [0.15, 0.2) is 0 Å². The third-order valence-corrected chi connectivity index (χ3v) is 6.12. The number of halogens is 3. The molecule has 3 heterocycles. The normalized spacial score (nSPS) is 15.9. The van der Waals surface area contributed by atoms with Gasteiger partial charge in [0.25, 0.3) is 12.0 Å². The van der Waals surface area contributed by atoms with E-state index < -0.39 is 23.8 Å². The Balaban J connectivity index is 1.78. The summed E-state index contributed by atoms with van der Waals surface area (Å²) >= 11 is 0. The SMILES string of the molecule is Cc1nc(N[C@H](C)c2cccc(C(F)F)c2F)c2cc(N3CCN(C)CC3)n(C)c(=O)c2n1. The lowest BCUT2D eigenvalue weighted by Crippen LogP contribution is -2.46. The second-order valence-electron chi connectivity index (χ2n) is 8.46. The maximum atomic E-state index is 14.7. The number of fused-ring (bicyclic) bond motifs is 1. The van der Waals surface area contributed by atoms with E-state index in [2.05, 4.69) is 32.1 Å². The third-order valence-electron chi connectivity index (χ3n) is 6.12. The standard InChI is InChI=1S/C23H27F3N6O/c1-13(15-6-5-7-16(19(15)24)21(25)26)27-22-17-12-18(32-10-8-30(3)9-11-32)31(4)23(33)20(17)28-14(2)29-22/h5-7,12-13,21H,8-11H2,1-4H3,(H,27,28,29)/t13-/m1/s1. The van der Waals surface area contributed by atoms with Gasteiger partial charge in [-0.3, -0.25) is 9.36 Å². The summed E-state index contributed by atoms with van der Waals surface area (Å²) in [5.74, 6) is 0.537. The number of hydrogen-bond donors (Lipinski definition) is 1. The lowest BCUT2D eigenvalue weighted by atomic mass is 10.0. The van der Waals surface area contributed by atoms with Crippen molar-refractivity contribution in [2.45, 2.75) is 26.3 Å². The van der Waals surface area contributed by atoms with Crippen LogP contribution in [0.25, 0.3) is 10.9 Å². The molecule has 1 saturated heterocycles. The van der Waals surface area contributed by atoms with Crippen molar-refractivity contribution in [3.8, 4) is 0 Å². The fourth-order valence-electron chi connectivity index (χ4n) is 4.17. The molecule has 1 atom stereocenters. The summed E-state index contributed by atoms with van der Waals surface area (Å²) in [5.41, 5.74) is -0.552. The number of hydrogen-bond acceptors (Lipinski definition) is 6. The van der Waals surface area contributed by atoms with E-state index in [0.29, 0.717) is 17.0 Å². The Labute approximate surface area is 189 Å². The number of aromatic nitrogens is 3. The van der Waals surface area contributed by atoms with Crippen LogP contribution in [0.3, 0.4) is 0 Å². The van der Waals surface area contributed by atoms with Crippen LogP contribution in [-0.2, 0) is 7.05 Å². The maximum Gasteiger partial charge on any atom is 0.278 e. The van der Waals surface area contributed by atoms with Crippen LogP contribution < -0.4 is 15.8 Å². The van der Waals surface area contributed by atoms with Crippen LogP contribution in [0.15, 0.2) is 29.1 Å². The Morgan fingerprint density at radius 3 is 2.39 bits per heavy atom. The molecule has 176 valence electrons. The largest absolute Gasteiger partial charge is 0.363 e. The van der Waals surface area contributed by atoms with Gasteiger partial charge < -0.3 is 15.1 Å². The molecular weight excluding hydrogens is 433 g/mol. The molecule has 7 nitrogen and oxygen atoms in total. The number of piperazine rings is 1. The van der Waals surface area contributed by atoms with Gasteiger partial charge in [-0.2, -0.15) is 0 Å². The predicted molar refractivity (Wildman–Crippen MR) is 123 cm³/mol. The number of benzene rings is 1. The zero-order chi connectivity index (χ0) is 23.9. The average molecular weight is 461 g/mol. The van der Waals surface area contributed by atoms with Crippen LogP contribution in [0.1, 0.15) is 36.3 Å². The van der Waals surface area contributed by atoms with Crippen LogP contribution >= 0.6 is 0 Å². The molecule has 0 saturated carbocycles.